The van der Waals surface area contributed by atoms with Gasteiger partial charge in [-0.05, 0) is 62.1 Å². The van der Waals surface area contributed by atoms with Crippen LogP contribution in [0.25, 0.3) is 11.4 Å². The lowest BCUT2D eigenvalue weighted by Crippen LogP contribution is -2.56. The Morgan fingerprint density at radius 2 is 1.76 bits per heavy atom. The Kier molecular flexibility index (Phi) is 9.66. The molecule has 1 N–H and O–H groups in total. The van der Waals surface area contributed by atoms with Crippen LogP contribution in [0, 0.1) is 0 Å². The number of esters is 1. The number of rotatable bonds is 11. The number of aromatic hydroxyl groups is 1. The number of hydrogen-bond donors (Lipinski definition) is 1. The van der Waals surface area contributed by atoms with Crippen LogP contribution < -0.4 is 0 Å². The maximum Gasteiger partial charge on any atom is 0.305 e. The van der Waals surface area contributed by atoms with Gasteiger partial charge in [0.05, 0.1) is 12.6 Å². The van der Waals surface area contributed by atoms with E-state index in [2.05, 4.69) is 82.3 Å². The summed E-state index contributed by atoms with van der Waals surface area (Å²) in [5.74, 6) is 1.06. The molecular formula is C34H40N4O4. The summed E-state index contributed by atoms with van der Waals surface area (Å²) in [6, 6.07) is 27.0. The lowest BCUT2D eigenvalue weighted by molar-refractivity contribution is -0.143. The summed E-state index contributed by atoms with van der Waals surface area (Å²) in [6.07, 6.45) is 1.42. The van der Waals surface area contributed by atoms with Gasteiger partial charge in [-0.25, -0.2) is 0 Å². The van der Waals surface area contributed by atoms with Crippen molar-refractivity contribution in [3.8, 4) is 17.1 Å². The summed E-state index contributed by atoms with van der Waals surface area (Å²) in [5.41, 5.74) is 4.32. The average molecular weight is 569 g/mol. The van der Waals surface area contributed by atoms with Gasteiger partial charge >= 0.3 is 5.97 Å². The molecule has 1 aromatic heterocycles. The van der Waals surface area contributed by atoms with E-state index in [4.69, 9.17) is 9.26 Å². The zero-order valence-electron chi connectivity index (χ0n) is 24.6. The highest BCUT2D eigenvalue weighted by molar-refractivity contribution is 5.69. The number of piperazine rings is 1. The van der Waals surface area contributed by atoms with Gasteiger partial charge in [0, 0.05) is 50.1 Å². The predicted molar refractivity (Wildman–Crippen MR) is 162 cm³/mol. The molecule has 8 nitrogen and oxygen atoms in total. The average Bonchev–Trinajstić information content (AvgIpc) is 3.46. The van der Waals surface area contributed by atoms with Gasteiger partial charge in [0.15, 0.2) is 0 Å². The molecule has 220 valence electrons. The van der Waals surface area contributed by atoms with Gasteiger partial charge in [-0.3, -0.25) is 14.6 Å². The molecule has 0 aliphatic carbocycles. The van der Waals surface area contributed by atoms with Gasteiger partial charge in [0.25, 0.3) is 0 Å². The molecule has 0 saturated carbocycles. The summed E-state index contributed by atoms with van der Waals surface area (Å²) in [5, 5.41) is 14.6. The second-order valence-corrected chi connectivity index (χ2v) is 11.1. The maximum absolute atomic E-state index is 11.7. The van der Waals surface area contributed by atoms with Crippen LogP contribution in [0.2, 0.25) is 0 Å². The van der Waals surface area contributed by atoms with Crippen molar-refractivity contribution in [3.05, 3.63) is 101 Å². The molecule has 0 amide bonds. The van der Waals surface area contributed by atoms with E-state index in [1.54, 1.807) is 13.0 Å². The highest BCUT2D eigenvalue weighted by atomic mass is 16.5. The van der Waals surface area contributed by atoms with Crippen LogP contribution in [0.1, 0.15) is 62.2 Å². The SMILES string of the molecule is CCOC(=O)CCCc1nc(-c2cccc([C@H](c3cccc(O)c3)N3C[C@@H](C)N(Cc4ccccc4)C[C@@H]3C)c2)no1. The van der Waals surface area contributed by atoms with Crippen LogP contribution in [0.4, 0.5) is 0 Å². The van der Waals surface area contributed by atoms with Crippen LogP contribution >= 0.6 is 0 Å². The minimum atomic E-state index is -0.215. The Morgan fingerprint density at radius 3 is 2.52 bits per heavy atom. The largest absolute Gasteiger partial charge is 0.508 e. The second-order valence-electron chi connectivity index (χ2n) is 11.1. The number of aromatic nitrogens is 2. The molecule has 1 saturated heterocycles. The van der Waals surface area contributed by atoms with Crippen molar-refractivity contribution >= 4 is 5.97 Å². The molecule has 2 heterocycles. The third-order valence-electron chi connectivity index (χ3n) is 7.91. The minimum Gasteiger partial charge on any atom is -0.508 e. The topological polar surface area (TPSA) is 91.9 Å². The first kappa shape index (κ1) is 29.5. The Balaban J connectivity index is 1.38. The van der Waals surface area contributed by atoms with Crippen molar-refractivity contribution in [2.24, 2.45) is 0 Å². The van der Waals surface area contributed by atoms with Gasteiger partial charge in [-0.15, -0.1) is 0 Å². The number of carbonyl (C=O) groups excluding carboxylic acids is 1. The minimum absolute atomic E-state index is 0.0654. The first-order valence-electron chi connectivity index (χ1n) is 14.8. The molecule has 1 aliphatic rings. The number of hydrogen-bond acceptors (Lipinski definition) is 8. The Bertz CT molecular complexity index is 1460. The van der Waals surface area contributed by atoms with Crippen LogP contribution in [-0.4, -0.2) is 62.8 Å². The summed E-state index contributed by atoms with van der Waals surface area (Å²) in [4.78, 5) is 21.4. The zero-order valence-corrected chi connectivity index (χ0v) is 24.6. The third kappa shape index (κ3) is 7.24. The van der Waals surface area contributed by atoms with E-state index < -0.39 is 0 Å². The van der Waals surface area contributed by atoms with E-state index >= 15 is 0 Å². The highest BCUT2D eigenvalue weighted by Gasteiger charge is 2.35. The molecule has 0 radical (unpaired) electrons. The van der Waals surface area contributed by atoms with Gasteiger partial charge in [-0.2, -0.15) is 4.98 Å². The van der Waals surface area contributed by atoms with E-state index in [9.17, 15) is 9.90 Å². The number of phenolic OH excluding ortho intramolecular Hbond substituents is 1. The van der Waals surface area contributed by atoms with Crippen molar-refractivity contribution in [2.45, 2.75) is 64.7 Å². The van der Waals surface area contributed by atoms with Crippen molar-refractivity contribution < 1.29 is 19.2 Å². The summed E-state index contributed by atoms with van der Waals surface area (Å²) < 4.78 is 10.5. The predicted octanol–water partition coefficient (Wildman–Crippen LogP) is 6.01. The lowest BCUT2D eigenvalue weighted by Gasteiger charge is -2.47. The molecule has 3 atom stereocenters. The van der Waals surface area contributed by atoms with Crippen molar-refractivity contribution in [2.75, 3.05) is 19.7 Å². The molecule has 4 aromatic rings. The van der Waals surface area contributed by atoms with E-state index in [0.29, 0.717) is 43.6 Å². The highest BCUT2D eigenvalue weighted by Crippen LogP contribution is 2.36. The summed E-state index contributed by atoms with van der Waals surface area (Å²) >= 11 is 0. The quantitative estimate of drug-likeness (QED) is 0.220. The standard InChI is InChI=1S/C34H40N4O4/c1-4-41-32(40)18-10-17-31-35-34(36-42-31)29-15-8-13-27(19-29)33(28-14-9-16-30(39)20-28)38-22-24(2)37(21-25(38)3)23-26-11-6-5-7-12-26/h5-9,11-16,19-20,24-25,33,39H,4,10,17-18,21-23H2,1-3H3/t24-,25+,33-/m1/s1. The van der Waals surface area contributed by atoms with Gasteiger partial charge < -0.3 is 14.4 Å². The Hall–Kier alpha value is -4.01. The molecular weight excluding hydrogens is 528 g/mol. The number of phenols is 1. The number of carbonyl (C=O) groups is 1. The molecule has 0 unspecified atom stereocenters. The molecule has 0 bridgehead atoms. The normalized spacial score (nSPS) is 18.5. The van der Waals surface area contributed by atoms with E-state index in [-0.39, 0.29) is 23.8 Å². The van der Waals surface area contributed by atoms with E-state index in [1.807, 2.05) is 24.3 Å². The first-order valence-corrected chi connectivity index (χ1v) is 14.8. The Labute approximate surface area is 247 Å². The molecule has 5 rings (SSSR count). The van der Waals surface area contributed by atoms with Crippen molar-refractivity contribution in [1.29, 1.82) is 0 Å². The van der Waals surface area contributed by atoms with Crippen LogP contribution in [0.15, 0.2) is 83.4 Å². The summed E-state index contributed by atoms with van der Waals surface area (Å²) in [7, 11) is 0. The molecule has 8 heteroatoms. The Morgan fingerprint density at radius 1 is 1.00 bits per heavy atom. The molecule has 3 aromatic carbocycles. The van der Waals surface area contributed by atoms with Crippen molar-refractivity contribution in [3.63, 3.8) is 0 Å². The monoisotopic (exact) mass is 568 g/mol. The number of benzene rings is 3. The fourth-order valence-electron chi connectivity index (χ4n) is 5.83. The number of nitrogens with zero attached hydrogens (tertiary/aromatic N) is 4. The van der Waals surface area contributed by atoms with E-state index in [1.165, 1.54) is 5.56 Å². The number of aryl methyl sites for hydroxylation is 1. The smallest absolute Gasteiger partial charge is 0.305 e. The second kappa shape index (κ2) is 13.8. The summed E-state index contributed by atoms with van der Waals surface area (Å²) in [6.45, 7) is 9.49. The first-order chi connectivity index (χ1) is 20.4. The van der Waals surface area contributed by atoms with E-state index in [0.717, 1.165) is 36.3 Å². The molecule has 1 fully saturated rings. The fraction of sp³-hybridized carbons (Fsp3) is 0.382. The lowest BCUT2D eigenvalue weighted by atomic mass is 9.92. The van der Waals surface area contributed by atoms with Crippen molar-refractivity contribution in [1.82, 2.24) is 19.9 Å². The van der Waals surface area contributed by atoms with Gasteiger partial charge in [0.1, 0.15) is 5.75 Å². The zero-order chi connectivity index (χ0) is 29.5. The van der Waals surface area contributed by atoms with Crippen LogP contribution in [-0.2, 0) is 22.5 Å². The molecule has 1 aliphatic heterocycles. The molecule has 0 spiro atoms. The van der Waals surface area contributed by atoms with Crippen LogP contribution in [0.5, 0.6) is 5.75 Å². The maximum atomic E-state index is 11.7. The molecule has 42 heavy (non-hydrogen) atoms. The number of ether oxygens (including phenoxy) is 1. The van der Waals surface area contributed by atoms with Crippen LogP contribution in [0.3, 0.4) is 0 Å². The van der Waals surface area contributed by atoms with Gasteiger partial charge in [0.2, 0.25) is 11.7 Å². The van der Waals surface area contributed by atoms with Gasteiger partial charge in [-0.1, -0.05) is 65.8 Å². The third-order valence-corrected chi connectivity index (χ3v) is 7.91. The fourth-order valence-corrected chi connectivity index (χ4v) is 5.83.